The summed E-state index contributed by atoms with van der Waals surface area (Å²) in [5.74, 6) is 0.913. The lowest BCUT2D eigenvalue weighted by Crippen LogP contribution is -2.45. The van der Waals surface area contributed by atoms with Gasteiger partial charge in [0, 0.05) is 40.5 Å². The number of ether oxygens (including phenoxy) is 3. The molecule has 0 radical (unpaired) electrons. The number of methoxy groups -OCH3 is 3. The minimum atomic E-state index is -0.713. The standard InChI is InChI=1S/C33H34N2O5/c1-33(2)18-24-29(25(36)19-33)28(22-13-9-10-14-26(22)39-4)30(31(37)20-11-7-6-8-12-20)32(34)35(24)23-17-21(38-3)15-16-27(23)40-5/h6-17,28,34,37H,18-19H2,1-5H3/b31-30+,34-32?. The summed E-state index contributed by atoms with van der Waals surface area (Å²) in [5, 5.41) is 21.5. The monoisotopic (exact) mass is 538 g/mol. The largest absolute Gasteiger partial charge is 0.507 e. The number of hydrogen-bond acceptors (Lipinski definition) is 6. The molecular weight excluding hydrogens is 504 g/mol. The first-order valence-electron chi connectivity index (χ1n) is 13.2. The number of nitrogens with one attached hydrogen (secondary N) is 1. The van der Waals surface area contributed by atoms with Crippen molar-refractivity contribution in [1.82, 2.24) is 0 Å². The number of Topliss-reactive ketones (excluding diaryl/α,β-unsaturated/α-hetero) is 1. The second-order valence-electron chi connectivity index (χ2n) is 10.8. The van der Waals surface area contributed by atoms with Gasteiger partial charge in [0.1, 0.15) is 28.8 Å². The number of amidine groups is 1. The number of nitrogens with zero attached hydrogens (tertiary/aromatic N) is 1. The van der Waals surface area contributed by atoms with Crippen molar-refractivity contribution >= 4 is 23.1 Å². The highest BCUT2D eigenvalue weighted by Crippen LogP contribution is 2.53. The van der Waals surface area contributed by atoms with Crippen molar-refractivity contribution in [3.05, 3.63) is 101 Å². The van der Waals surface area contributed by atoms with E-state index in [1.807, 2.05) is 42.5 Å². The Hall–Kier alpha value is -4.52. The van der Waals surface area contributed by atoms with E-state index >= 15 is 0 Å². The average molecular weight is 539 g/mol. The Labute approximate surface area is 234 Å². The van der Waals surface area contributed by atoms with Gasteiger partial charge in [-0.25, -0.2) is 0 Å². The van der Waals surface area contributed by atoms with Crippen LogP contribution >= 0.6 is 0 Å². The van der Waals surface area contributed by atoms with Crippen molar-refractivity contribution < 1.29 is 24.1 Å². The molecule has 1 aliphatic carbocycles. The van der Waals surface area contributed by atoms with Crippen LogP contribution in [0.25, 0.3) is 5.76 Å². The molecule has 3 aromatic carbocycles. The molecule has 0 saturated carbocycles. The average Bonchev–Trinajstić information content (AvgIpc) is 2.95. The quantitative estimate of drug-likeness (QED) is 0.332. The number of aliphatic hydroxyl groups is 1. The van der Waals surface area contributed by atoms with Crippen LogP contribution in [0.2, 0.25) is 0 Å². The summed E-state index contributed by atoms with van der Waals surface area (Å²) in [5.41, 5.74) is 3.04. The number of ketones is 1. The highest BCUT2D eigenvalue weighted by molar-refractivity contribution is 6.20. The summed E-state index contributed by atoms with van der Waals surface area (Å²) in [6.07, 6.45) is 0.884. The molecule has 7 nitrogen and oxygen atoms in total. The molecule has 1 heterocycles. The van der Waals surface area contributed by atoms with Crippen molar-refractivity contribution in [2.24, 2.45) is 5.41 Å². The highest BCUT2D eigenvalue weighted by Gasteiger charge is 2.48. The lowest BCUT2D eigenvalue weighted by molar-refractivity contribution is -0.118. The molecule has 0 amide bonds. The van der Waals surface area contributed by atoms with E-state index in [1.54, 1.807) is 56.6 Å². The summed E-state index contributed by atoms with van der Waals surface area (Å²) < 4.78 is 17.0. The van der Waals surface area contributed by atoms with E-state index in [0.29, 0.717) is 63.7 Å². The number of para-hydroxylation sites is 1. The summed E-state index contributed by atoms with van der Waals surface area (Å²) in [6.45, 7) is 4.12. The van der Waals surface area contributed by atoms with E-state index < -0.39 is 5.92 Å². The predicted octanol–water partition coefficient (Wildman–Crippen LogP) is 6.91. The van der Waals surface area contributed by atoms with Crippen LogP contribution in [0.15, 0.2) is 89.6 Å². The van der Waals surface area contributed by atoms with Crippen molar-refractivity contribution in [3.63, 3.8) is 0 Å². The fourth-order valence-electron chi connectivity index (χ4n) is 5.82. The molecule has 7 heteroatoms. The first-order chi connectivity index (χ1) is 19.2. The molecule has 3 aromatic rings. The number of allylic oxidation sites excluding steroid dienone is 2. The minimum absolute atomic E-state index is 0.0279. The number of rotatable bonds is 6. The smallest absolute Gasteiger partial charge is 0.162 e. The van der Waals surface area contributed by atoms with Gasteiger partial charge in [-0.15, -0.1) is 0 Å². The van der Waals surface area contributed by atoms with Gasteiger partial charge in [-0.1, -0.05) is 62.4 Å². The van der Waals surface area contributed by atoms with Gasteiger partial charge in [0.25, 0.3) is 0 Å². The molecule has 0 saturated heterocycles. The fourth-order valence-corrected chi connectivity index (χ4v) is 5.82. The number of carbonyl (C=O) groups excluding carboxylic acids is 1. The van der Waals surface area contributed by atoms with Gasteiger partial charge in [-0.2, -0.15) is 0 Å². The molecule has 0 spiro atoms. The van der Waals surface area contributed by atoms with Crippen LogP contribution in [0.5, 0.6) is 17.2 Å². The second kappa shape index (κ2) is 10.6. The van der Waals surface area contributed by atoms with Crippen molar-refractivity contribution in [1.29, 1.82) is 5.41 Å². The Morgan fingerprint density at radius 1 is 0.900 bits per heavy atom. The van der Waals surface area contributed by atoms with Gasteiger partial charge < -0.3 is 19.3 Å². The lowest BCUT2D eigenvalue weighted by atomic mass is 9.67. The van der Waals surface area contributed by atoms with Gasteiger partial charge in [0.15, 0.2) is 5.78 Å². The van der Waals surface area contributed by atoms with E-state index in [4.69, 9.17) is 14.2 Å². The maximum absolute atomic E-state index is 14.1. The molecule has 1 aliphatic heterocycles. The van der Waals surface area contributed by atoms with Crippen LogP contribution in [0, 0.1) is 10.8 Å². The zero-order valence-corrected chi connectivity index (χ0v) is 23.4. The first kappa shape index (κ1) is 27.1. The van der Waals surface area contributed by atoms with Gasteiger partial charge >= 0.3 is 0 Å². The maximum atomic E-state index is 14.1. The summed E-state index contributed by atoms with van der Waals surface area (Å²) in [6, 6.07) is 22.0. The fraction of sp³-hybridized carbons (Fsp3) is 0.273. The van der Waals surface area contributed by atoms with Crippen LogP contribution in [-0.4, -0.2) is 38.1 Å². The third-order valence-electron chi connectivity index (χ3n) is 7.60. The molecule has 1 atom stereocenters. The molecule has 5 rings (SSSR count). The molecule has 2 aliphatic rings. The summed E-state index contributed by atoms with van der Waals surface area (Å²) in [4.78, 5) is 15.9. The molecule has 40 heavy (non-hydrogen) atoms. The number of aliphatic hydroxyl groups excluding tert-OH is 1. The van der Waals surface area contributed by atoms with Gasteiger partial charge in [0.05, 0.1) is 32.9 Å². The number of hydrogen-bond donors (Lipinski definition) is 2. The Balaban J connectivity index is 1.91. The molecule has 206 valence electrons. The van der Waals surface area contributed by atoms with E-state index in [9.17, 15) is 15.3 Å². The number of benzene rings is 3. The second-order valence-corrected chi connectivity index (χ2v) is 10.8. The number of carbonyl (C=O) groups is 1. The maximum Gasteiger partial charge on any atom is 0.162 e. The minimum Gasteiger partial charge on any atom is -0.507 e. The van der Waals surface area contributed by atoms with Gasteiger partial charge in [-0.05, 0) is 30.0 Å². The molecular formula is C33H34N2O5. The molecule has 0 fully saturated rings. The van der Waals surface area contributed by atoms with Crippen molar-refractivity contribution in [2.45, 2.75) is 32.6 Å². The van der Waals surface area contributed by atoms with Crippen molar-refractivity contribution in [3.8, 4) is 17.2 Å². The Morgan fingerprint density at radius 3 is 2.25 bits per heavy atom. The highest BCUT2D eigenvalue weighted by atomic mass is 16.5. The third kappa shape index (κ3) is 4.62. The normalized spacial score (nSPS) is 19.7. The van der Waals surface area contributed by atoms with Crippen LogP contribution in [0.3, 0.4) is 0 Å². The first-order valence-corrected chi connectivity index (χ1v) is 13.2. The molecule has 0 bridgehead atoms. The molecule has 2 N–H and O–H groups in total. The Kier molecular flexibility index (Phi) is 7.15. The summed E-state index contributed by atoms with van der Waals surface area (Å²) >= 11 is 0. The Morgan fingerprint density at radius 2 is 1.57 bits per heavy atom. The number of anilines is 1. The van der Waals surface area contributed by atoms with Crippen LogP contribution < -0.4 is 19.1 Å². The zero-order chi connectivity index (χ0) is 28.6. The third-order valence-corrected chi connectivity index (χ3v) is 7.60. The van der Waals surface area contributed by atoms with E-state index in [2.05, 4.69) is 13.8 Å². The van der Waals surface area contributed by atoms with Crippen LogP contribution in [0.1, 0.15) is 43.7 Å². The van der Waals surface area contributed by atoms with Gasteiger partial charge in [-0.3, -0.25) is 15.1 Å². The van der Waals surface area contributed by atoms with E-state index in [-0.39, 0.29) is 22.8 Å². The molecule has 0 aromatic heterocycles. The van der Waals surface area contributed by atoms with E-state index in [0.717, 1.165) is 0 Å². The van der Waals surface area contributed by atoms with Crippen LogP contribution in [-0.2, 0) is 4.79 Å². The van der Waals surface area contributed by atoms with Gasteiger partial charge in [0.2, 0.25) is 0 Å². The Bertz CT molecular complexity index is 1540. The SMILES string of the molecule is COc1ccc(OC)c(N2C(=N)/C(=C(/O)c3ccccc3)C(c3ccccc3OC)C3=C2CC(C)(C)CC3=O)c1. The van der Waals surface area contributed by atoms with Crippen LogP contribution in [0.4, 0.5) is 5.69 Å². The summed E-state index contributed by atoms with van der Waals surface area (Å²) in [7, 11) is 4.73. The molecule has 1 unspecified atom stereocenters. The lowest BCUT2D eigenvalue weighted by Gasteiger charge is -2.45. The topological polar surface area (TPSA) is 92.1 Å². The van der Waals surface area contributed by atoms with Crippen molar-refractivity contribution in [2.75, 3.05) is 26.2 Å². The van der Waals surface area contributed by atoms with E-state index in [1.165, 1.54) is 0 Å². The predicted molar refractivity (Wildman–Crippen MR) is 157 cm³/mol. The zero-order valence-electron chi connectivity index (χ0n) is 23.4.